The maximum absolute atomic E-state index is 11.8. The van der Waals surface area contributed by atoms with Gasteiger partial charge in [0, 0.05) is 22.7 Å². The number of hydrogen-bond acceptors (Lipinski definition) is 5. The number of ether oxygens (including phenoxy) is 1. The van der Waals surface area contributed by atoms with Crippen LogP contribution < -0.4 is 10.1 Å². The summed E-state index contributed by atoms with van der Waals surface area (Å²) in [5.41, 5.74) is 0.743. The van der Waals surface area contributed by atoms with Crippen LogP contribution in [0.3, 0.4) is 0 Å². The summed E-state index contributed by atoms with van der Waals surface area (Å²) in [7, 11) is 0. The molecule has 0 fully saturated rings. The molecule has 0 bridgehead atoms. The molecule has 0 spiro atoms. The lowest BCUT2D eigenvalue weighted by molar-refractivity contribution is -0.384. The van der Waals surface area contributed by atoms with Gasteiger partial charge in [0.1, 0.15) is 5.75 Å². The zero-order valence-electron chi connectivity index (χ0n) is 12.5. The highest BCUT2D eigenvalue weighted by atomic mass is 32.2. The van der Waals surface area contributed by atoms with Gasteiger partial charge >= 0.3 is 0 Å². The summed E-state index contributed by atoms with van der Waals surface area (Å²) in [6.07, 6.45) is 2.18. The van der Waals surface area contributed by atoms with Gasteiger partial charge in [0.05, 0.1) is 18.0 Å². The number of nitro groups is 1. The summed E-state index contributed by atoms with van der Waals surface area (Å²) in [5, 5.41) is 13.3. The van der Waals surface area contributed by atoms with Gasteiger partial charge in [0.2, 0.25) is 5.91 Å². The predicted octanol–water partition coefficient (Wildman–Crippen LogP) is 3.72. The second-order valence-electron chi connectivity index (χ2n) is 4.63. The van der Waals surface area contributed by atoms with Crippen LogP contribution in [0, 0.1) is 10.1 Å². The molecule has 2 aromatic carbocycles. The van der Waals surface area contributed by atoms with Crippen LogP contribution >= 0.6 is 11.8 Å². The van der Waals surface area contributed by atoms with Crippen LogP contribution in [-0.2, 0) is 4.79 Å². The maximum atomic E-state index is 11.8. The number of non-ortho nitro benzene ring substituents is 1. The minimum absolute atomic E-state index is 0.00350. The first-order valence-electron chi connectivity index (χ1n) is 6.89. The molecule has 1 N–H and O–H groups in total. The van der Waals surface area contributed by atoms with Crippen LogP contribution in [-0.4, -0.2) is 23.7 Å². The van der Waals surface area contributed by atoms with Crippen molar-refractivity contribution in [2.45, 2.75) is 11.3 Å². The van der Waals surface area contributed by atoms with E-state index in [2.05, 4.69) is 5.32 Å². The van der Waals surface area contributed by atoms with Crippen molar-refractivity contribution in [3.05, 3.63) is 58.6 Å². The third-order valence-electron chi connectivity index (χ3n) is 3.02. The Kier molecular flexibility index (Phi) is 5.99. The smallest absolute Gasteiger partial charge is 0.269 e. The maximum Gasteiger partial charge on any atom is 0.269 e. The van der Waals surface area contributed by atoms with Gasteiger partial charge in [-0.1, -0.05) is 0 Å². The van der Waals surface area contributed by atoms with E-state index in [4.69, 9.17) is 4.74 Å². The third-order valence-corrected chi connectivity index (χ3v) is 3.76. The average molecular weight is 332 g/mol. The highest BCUT2D eigenvalue weighted by Crippen LogP contribution is 2.18. The normalized spacial score (nSPS) is 10.1. The number of carbonyl (C=O) groups excluding carboxylic acids is 1. The number of nitro benzene ring substituents is 1. The Morgan fingerprint density at radius 2 is 1.83 bits per heavy atom. The molecule has 0 atom stereocenters. The van der Waals surface area contributed by atoms with Crippen molar-refractivity contribution in [2.75, 3.05) is 18.2 Å². The van der Waals surface area contributed by atoms with Crippen LogP contribution in [0.5, 0.6) is 5.75 Å². The van der Waals surface area contributed by atoms with Crippen molar-refractivity contribution in [2.24, 2.45) is 0 Å². The number of benzene rings is 2. The van der Waals surface area contributed by atoms with Crippen molar-refractivity contribution < 1.29 is 14.5 Å². The first kappa shape index (κ1) is 16.8. The summed E-state index contributed by atoms with van der Waals surface area (Å²) < 4.78 is 5.40. The van der Waals surface area contributed by atoms with Crippen LogP contribution in [0.15, 0.2) is 53.4 Å². The molecule has 120 valence electrons. The number of carbonyl (C=O) groups is 1. The number of rotatable bonds is 7. The molecule has 0 radical (unpaired) electrons. The molecule has 2 aromatic rings. The topological polar surface area (TPSA) is 81.5 Å². The van der Waals surface area contributed by atoms with E-state index in [0.717, 1.165) is 10.6 Å². The molecule has 0 aromatic heterocycles. The van der Waals surface area contributed by atoms with E-state index in [-0.39, 0.29) is 24.6 Å². The van der Waals surface area contributed by atoms with E-state index < -0.39 is 4.92 Å². The molecule has 0 unspecified atom stereocenters. The van der Waals surface area contributed by atoms with Crippen molar-refractivity contribution in [1.82, 2.24) is 0 Å². The molecule has 0 aliphatic rings. The Bertz CT molecular complexity index is 671. The van der Waals surface area contributed by atoms with Crippen molar-refractivity contribution in [3.8, 4) is 5.75 Å². The van der Waals surface area contributed by atoms with Gasteiger partial charge in [0.25, 0.3) is 5.69 Å². The number of anilines is 1. The first-order chi connectivity index (χ1) is 11.1. The number of nitrogens with zero attached hydrogens (tertiary/aromatic N) is 1. The Hall–Kier alpha value is -2.54. The van der Waals surface area contributed by atoms with E-state index in [1.165, 1.54) is 24.3 Å². The molecule has 0 saturated heterocycles. The van der Waals surface area contributed by atoms with Gasteiger partial charge < -0.3 is 10.1 Å². The lowest BCUT2D eigenvalue weighted by atomic mass is 10.3. The Balaban J connectivity index is 1.76. The number of nitrogens with one attached hydrogen (secondary N) is 1. The molecule has 0 aliphatic carbocycles. The number of thioether (sulfide) groups is 1. The van der Waals surface area contributed by atoms with Crippen molar-refractivity contribution in [1.29, 1.82) is 0 Å². The minimum atomic E-state index is -0.473. The lowest BCUT2D eigenvalue weighted by Crippen LogP contribution is -2.15. The van der Waals surface area contributed by atoms with Gasteiger partial charge in [-0.05, 0) is 42.7 Å². The van der Waals surface area contributed by atoms with Gasteiger partial charge in [-0.2, -0.15) is 0 Å². The molecule has 1 amide bonds. The van der Waals surface area contributed by atoms with Gasteiger partial charge in [-0.3, -0.25) is 14.9 Å². The molecule has 2 rings (SSSR count). The van der Waals surface area contributed by atoms with Gasteiger partial charge in [0.15, 0.2) is 0 Å². The molecule has 0 heterocycles. The van der Waals surface area contributed by atoms with Crippen LogP contribution in [0.25, 0.3) is 0 Å². The summed E-state index contributed by atoms with van der Waals surface area (Å²) in [5.74, 6) is 0.344. The fourth-order valence-electron chi connectivity index (χ4n) is 1.82. The zero-order chi connectivity index (χ0) is 16.7. The second-order valence-corrected chi connectivity index (χ2v) is 5.51. The molecular weight excluding hydrogens is 316 g/mol. The van der Waals surface area contributed by atoms with E-state index in [9.17, 15) is 14.9 Å². The average Bonchev–Trinajstić information content (AvgIpc) is 2.56. The molecule has 23 heavy (non-hydrogen) atoms. The molecule has 0 saturated carbocycles. The summed E-state index contributed by atoms with van der Waals surface area (Å²) >= 11 is 1.64. The van der Waals surface area contributed by atoms with Gasteiger partial charge in [-0.15, -0.1) is 11.8 Å². The predicted molar refractivity (Wildman–Crippen MR) is 90.1 cm³/mol. The van der Waals surface area contributed by atoms with E-state index in [1.54, 1.807) is 11.8 Å². The fourth-order valence-corrected chi connectivity index (χ4v) is 2.23. The Morgan fingerprint density at radius 3 is 2.39 bits per heavy atom. The minimum Gasteiger partial charge on any atom is -0.493 e. The number of amides is 1. The Morgan fingerprint density at radius 1 is 1.17 bits per heavy atom. The van der Waals surface area contributed by atoms with E-state index >= 15 is 0 Å². The standard InChI is InChI=1S/C16H16N2O4S/c1-23-15-8-2-12(3-9-15)17-16(19)10-11-22-14-6-4-13(5-7-14)18(20)21/h2-9H,10-11H2,1H3,(H,17,19). The van der Waals surface area contributed by atoms with Crippen LogP contribution in [0.1, 0.15) is 6.42 Å². The molecule has 6 nitrogen and oxygen atoms in total. The second kappa shape index (κ2) is 8.19. The monoisotopic (exact) mass is 332 g/mol. The van der Waals surface area contributed by atoms with E-state index in [0.29, 0.717) is 5.75 Å². The fraction of sp³-hybridized carbons (Fsp3) is 0.188. The van der Waals surface area contributed by atoms with Crippen LogP contribution in [0.4, 0.5) is 11.4 Å². The van der Waals surface area contributed by atoms with Crippen molar-refractivity contribution >= 4 is 29.0 Å². The third kappa shape index (κ3) is 5.30. The summed E-state index contributed by atoms with van der Waals surface area (Å²) in [6.45, 7) is 0.201. The summed E-state index contributed by atoms with van der Waals surface area (Å²) in [6, 6.07) is 13.3. The molecular formula is C16H16N2O4S. The largest absolute Gasteiger partial charge is 0.493 e. The van der Waals surface area contributed by atoms with E-state index in [1.807, 2.05) is 30.5 Å². The quantitative estimate of drug-likeness (QED) is 0.475. The summed E-state index contributed by atoms with van der Waals surface area (Å²) in [4.78, 5) is 23.0. The molecule has 0 aliphatic heterocycles. The highest BCUT2D eigenvalue weighted by Gasteiger charge is 2.06. The Labute approximate surface area is 138 Å². The van der Waals surface area contributed by atoms with Crippen LogP contribution in [0.2, 0.25) is 0 Å². The first-order valence-corrected chi connectivity index (χ1v) is 8.12. The highest BCUT2D eigenvalue weighted by molar-refractivity contribution is 7.98. The number of hydrogen-bond donors (Lipinski definition) is 1. The SMILES string of the molecule is CSc1ccc(NC(=O)CCOc2ccc([N+](=O)[O-])cc2)cc1. The zero-order valence-corrected chi connectivity index (χ0v) is 13.3. The lowest BCUT2D eigenvalue weighted by Gasteiger charge is -2.07. The molecule has 7 heteroatoms. The van der Waals surface area contributed by atoms with Crippen molar-refractivity contribution in [3.63, 3.8) is 0 Å². The van der Waals surface area contributed by atoms with Gasteiger partial charge in [-0.25, -0.2) is 0 Å².